The molecule has 0 saturated carbocycles. The molecule has 0 amide bonds. The summed E-state index contributed by atoms with van der Waals surface area (Å²) in [4.78, 5) is 0. The van der Waals surface area contributed by atoms with Crippen LogP contribution in [0.3, 0.4) is 0 Å². The zero-order valence-corrected chi connectivity index (χ0v) is 11.3. The summed E-state index contributed by atoms with van der Waals surface area (Å²) in [5, 5.41) is 4.41. The molecule has 0 spiro atoms. The molecule has 0 aliphatic rings. The third-order valence-corrected chi connectivity index (χ3v) is 3.19. The van der Waals surface area contributed by atoms with E-state index in [1.54, 1.807) is 11.8 Å². The van der Waals surface area contributed by atoms with Crippen molar-refractivity contribution in [2.75, 3.05) is 7.11 Å². The largest absolute Gasteiger partial charge is 0.481 e. The van der Waals surface area contributed by atoms with Crippen LogP contribution < -0.4 is 16.0 Å². The Bertz CT molecular complexity index is 509. The third-order valence-electron chi connectivity index (χ3n) is 3.19. The Morgan fingerprint density at radius 1 is 1.37 bits per heavy atom. The van der Waals surface area contributed by atoms with Gasteiger partial charge in [-0.15, -0.1) is 0 Å². The summed E-state index contributed by atoms with van der Waals surface area (Å²) in [6.45, 7) is 0. The van der Waals surface area contributed by atoms with Crippen molar-refractivity contribution in [3.63, 3.8) is 0 Å². The van der Waals surface area contributed by atoms with Crippen LogP contribution in [0, 0.1) is 0 Å². The molecule has 5 nitrogen and oxygen atoms in total. The van der Waals surface area contributed by atoms with Crippen molar-refractivity contribution in [3.05, 3.63) is 47.7 Å². The molecule has 102 valence electrons. The van der Waals surface area contributed by atoms with Gasteiger partial charge >= 0.3 is 0 Å². The van der Waals surface area contributed by atoms with E-state index in [9.17, 15) is 0 Å². The summed E-state index contributed by atoms with van der Waals surface area (Å²) < 4.78 is 6.93. The molecule has 2 rings (SSSR count). The lowest BCUT2D eigenvalue weighted by atomic mass is 10.0. The van der Waals surface area contributed by atoms with Gasteiger partial charge in [-0.2, -0.15) is 5.10 Å². The number of nitrogens with two attached hydrogens (primary N) is 1. The molecule has 1 aromatic carbocycles. The van der Waals surface area contributed by atoms with Crippen molar-refractivity contribution in [3.8, 4) is 5.88 Å². The highest BCUT2D eigenvalue weighted by Crippen LogP contribution is 2.21. The highest BCUT2D eigenvalue weighted by molar-refractivity contribution is 5.20. The zero-order chi connectivity index (χ0) is 13.7. The second kappa shape index (κ2) is 6.36. The molecule has 1 aromatic heterocycles. The first-order valence-electron chi connectivity index (χ1n) is 6.32. The Kier molecular flexibility index (Phi) is 4.54. The van der Waals surface area contributed by atoms with Gasteiger partial charge in [0, 0.05) is 13.1 Å². The molecular weight excluding hydrogens is 240 g/mol. The first kappa shape index (κ1) is 13.6. The zero-order valence-electron chi connectivity index (χ0n) is 11.3. The fourth-order valence-corrected chi connectivity index (χ4v) is 2.10. The van der Waals surface area contributed by atoms with Crippen LogP contribution in [0.4, 0.5) is 0 Å². The molecule has 5 heteroatoms. The van der Waals surface area contributed by atoms with Crippen molar-refractivity contribution in [1.82, 2.24) is 15.2 Å². The number of hydrazine groups is 1. The van der Waals surface area contributed by atoms with Crippen LogP contribution in [0.15, 0.2) is 36.4 Å². The van der Waals surface area contributed by atoms with E-state index < -0.39 is 0 Å². The van der Waals surface area contributed by atoms with Crippen LogP contribution in [0.1, 0.15) is 23.7 Å². The Hall–Kier alpha value is -1.85. The molecule has 3 N–H and O–H groups in total. The number of hydrogen-bond donors (Lipinski definition) is 2. The summed E-state index contributed by atoms with van der Waals surface area (Å²) >= 11 is 0. The molecule has 1 atom stereocenters. The lowest BCUT2D eigenvalue weighted by Crippen LogP contribution is -2.28. The maximum atomic E-state index is 5.63. The van der Waals surface area contributed by atoms with Gasteiger partial charge in [0.1, 0.15) is 0 Å². The van der Waals surface area contributed by atoms with Crippen LogP contribution in [-0.4, -0.2) is 16.9 Å². The van der Waals surface area contributed by atoms with Gasteiger partial charge in [0.15, 0.2) is 0 Å². The minimum absolute atomic E-state index is 0.0234. The summed E-state index contributed by atoms with van der Waals surface area (Å²) in [5.74, 6) is 6.36. The van der Waals surface area contributed by atoms with Crippen molar-refractivity contribution in [2.45, 2.75) is 18.9 Å². The number of nitrogens with one attached hydrogen (secondary N) is 1. The van der Waals surface area contributed by atoms with Gasteiger partial charge in [0.25, 0.3) is 0 Å². The Labute approximate surface area is 113 Å². The average Bonchev–Trinajstić information content (AvgIpc) is 2.82. The monoisotopic (exact) mass is 260 g/mol. The van der Waals surface area contributed by atoms with E-state index in [1.807, 2.05) is 31.3 Å². The quantitative estimate of drug-likeness (QED) is 0.611. The number of aryl methyl sites for hydroxylation is 2. The first-order valence-corrected chi connectivity index (χ1v) is 6.32. The fraction of sp³-hybridized carbons (Fsp3) is 0.357. The summed E-state index contributed by atoms with van der Waals surface area (Å²) in [6, 6.07) is 12.3. The van der Waals surface area contributed by atoms with Gasteiger partial charge in [0.05, 0.1) is 18.8 Å². The second-order valence-electron chi connectivity index (χ2n) is 4.48. The van der Waals surface area contributed by atoms with Gasteiger partial charge in [0.2, 0.25) is 5.88 Å². The maximum absolute atomic E-state index is 5.63. The predicted molar refractivity (Wildman–Crippen MR) is 74.6 cm³/mol. The first-order chi connectivity index (χ1) is 9.24. The third kappa shape index (κ3) is 3.33. The van der Waals surface area contributed by atoms with Gasteiger partial charge in [-0.25, -0.2) is 4.68 Å². The maximum Gasteiger partial charge on any atom is 0.211 e. The predicted octanol–water partition coefficient (Wildman–Crippen LogP) is 1.57. The minimum atomic E-state index is 0.0234. The highest BCUT2D eigenvalue weighted by atomic mass is 16.5. The van der Waals surface area contributed by atoms with Crippen molar-refractivity contribution < 1.29 is 4.74 Å². The lowest BCUT2D eigenvalue weighted by molar-refractivity contribution is 0.373. The molecular formula is C14H20N4O. The van der Waals surface area contributed by atoms with Gasteiger partial charge in [-0.1, -0.05) is 30.3 Å². The normalized spacial score (nSPS) is 12.4. The number of rotatable bonds is 6. The summed E-state index contributed by atoms with van der Waals surface area (Å²) in [5.41, 5.74) is 5.02. The van der Waals surface area contributed by atoms with Crippen LogP contribution >= 0.6 is 0 Å². The number of ether oxygens (including phenoxy) is 1. The molecule has 0 aliphatic carbocycles. The number of benzene rings is 1. The van der Waals surface area contributed by atoms with Crippen LogP contribution in [-0.2, 0) is 13.5 Å². The molecule has 0 fully saturated rings. The highest BCUT2D eigenvalue weighted by Gasteiger charge is 2.15. The second-order valence-corrected chi connectivity index (χ2v) is 4.48. The molecule has 0 aliphatic heterocycles. The van der Waals surface area contributed by atoms with Crippen molar-refractivity contribution in [2.24, 2.45) is 12.9 Å². The van der Waals surface area contributed by atoms with Gasteiger partial charge in [-0.3, -0.25) is 11.3 Å². The number of aromatic nitrogens is 2. The molecule has 0 saturated heterocycles. The van der Waals surface area contributed by atoms with E-state index in [2.05, 4.69) is 22.7 Å². The molecule has 2 aromatic rings. The molecule has 19 heavy (non-hydrogen) atoms. The smallest absolute Gasteiger partial charge is 0.211 e. The van der Waals surface area contributed by atoms with Crippen LogP contribution in [0.2, 0.25) is 0 Å². The number of methoxy groups -OCH3 is 1. The Morgan fingerprint density at radius 2 is 2.11 bits per heavy atom. The number of nitrogens with zero attached hydrogens (tertiary/aromatic N) is 2. The van der Waals surface area contributed by atoms with E-state index >= 15 is 0 Å². The van der Waals surface area contributed by atoms with Crippen LogP contribution in [0.25, 0.3) is 0 Å². The van der Waals surface area contributed by atoms with Gasteiger partial charge < -0.3 is 4.74 Å². The molecule has 0 radical (unpaired) electrons. The molecule has 0 bridgehead atoms. The van der Waals surface area contributed by atoms with Crippen LogP contribution in [0.5, 0.6) is 5.88 Å². The fourth-order valence-electron chi connectivity index (χ4n) is 2.10. The van der Waals surface area contributed by atoms with Crippen molar-refractivity contribution in [1.29, 1.82) is 0 Å². The lowest BCUT2D eigenvalue weighted by Gasteiger charge is -2.13. The topological polar surface area (TPSA) is 65.1 Å². The Morgan fingerprint density at radius 3 is 2.68 bits per heavy atom. The van der Waals surface area contributed by atoms with E-state index in [1.165, 1.54) is 5.56 Å². The SMILES string of the molecule is COc1cc(C(CCc2ccccc2)NN)nn1C. The van der Waals surface area contributed by atoms with E-state index in [4.69, 9.17) is 10.6 Å². The van der Waals surface area contributed by atoms with E-state index in [0.717, 1.165) is 24.4 Å². The van der Waals surface area contributed by atoms with Crippen molar-refractivity contribution >= 4 is 0 Å². The molecule has 1 unspecified atom stereocenters. The average molecular weight is 260 g/mol. The summed E-state index contributed by atoms with van der Waals surface area (Å²) in [6.07, 6.45) is 1.84. The summed E-state index contributed by atoms with van der Waals surface area (Å²) in [7, 11) is 3.49. The van der Waals surface area contributed by atoms with E-state index in [-0.39, 0.29) is 6.04 Å². The van der Waals surface area contributed by atoms with E-state index in [0.29, 0.717) is 0 Å². The van der Waals surface area contributed by atoms with Gasteiger partial charge in [-0.05, 0) is 18.4 Å². The minimum Gasteiger partial charge on any atom is -0.481 e. The molecule has 1 heterocycles. The standard InChI is InChI=1S/C14H20N4O/c1-18-14(19-2)10-13(17-18)12(16-15)9-8-11-6-4-3-5-7-11/h3-7,10,12,16H,8-9,15H2,1-2H3. The Balaban J connectivity index is 2.03. The number of hydrogen-bond acceptors (Lipinski definition) is 4.